The van der Waals surface area contributed by atoms with Crippen molar-refractivity contribution in [2.75, 3.05) is 11.9 Å². The molecule has 5 heteroatoms. The van der Waals surface area contributed by atoms with Crippen LogP contribution in [0.25, 0.3) is 0 Å². The van der Waals surface area contributed by atoms with E-state index in [9.17, 15) is 0 Å². The molecule has 0 bridgehead atoms. The average molecular weight is 329 g/mol. The molecule has 1 aromatic heterocycles. The summed E-state index contributed by atoms with van der Waals surface area (Å²) >= 11 is 5.30. The second-order valence-electron chi connectivity index (χ2n) is 5.78. The van der Waals surface area contributed by atoms with Gasteiger partial charge in [0.05, 0.1) is 6.04 Å². The van der Waals surface area contributed by atoms with Gasteiger partial charge in [0.1, 0.15) is 18.2 Å². The fraction of sp³-hybridized carbons (Fsp3) is 0.333. The number of nitrogens with zero attached hydrogens (tertiary/aromatic N) is 1. The first-order chi connectivity index (χ1) is 10.9. The molecule has 2 aromatic rings. The van der Waals surface area contributed by atoms with Gasteiger partial charge in [0, 0.05) is 6.20 Å². The van der Waals surface area contributed by atoms with Crippen molar-refractivity contribution in [2.45, 2.75) is 33.7 Å². The summed E-state index contributed by atoms with van der Waals surface area (Å²) in [4.78, 5) is 4.27. The minimum absolute atomic E-state index is 0.0852. The van der Waals surface area contributed by atoms with Gasteiger partial charge in [-0.1, -0.05) is 12.1 Å². The summed E-state index contributed by atoms with van der Waals surface area (Å²) in [5, 5.41) is 6.80. The standard InChI is InChI=1S/C18H23N3OS/c1-12-5-8-17(19-10-12)21-18(23)20-15(4)11-22-16-7-6-13(2)14(3)9-16/h5-10,15H,11H2,1-4H3,(H2,19,20,21,23)/t15-/m0/s1. The molecule has 0 aliphatic rings. The molecule has 1 aromatic carbocycles. The summed E-state index contributed by atoms with van der Waals surface area (Å²) in [6.45, 7) is 8.73. The van der Waals surface area contributed by atoms with Crippen molar-refractivity contribution in [3.8, 4) is 5.75 Å². The molecule has 0 radical (unpaired) electrons. The van der Waals surface area contributed by atoms with Gasteiger partial charge >= 0.3 is 0 Å². The molecule has 0 amide bonds. The fourth-order valence-corrected chi connectivity index (χ4v) is 2.29. The molecule has 0 aliphatic carbocycles. The van der Waals surface area contributed by atoms with Crippen molar-refractivity contribution >= 4 is 23.1 Å². The van der Waals surface area contributed by atoms with Gasteiger partial charge in [-0.15, -0.1) is 0 Å². The molecule has 23 heavy (non-hydrogen) atoms. The summed E-state index contributed by atoms with van der Waals surface area (Å²) in [6.07, 6.45) is 1.80. The summed E-state index contributed by atoms with van der Waals surface area (Å²) in [6, 6.07) is 10.1. The molecule has 1 atom stereocenters. The van der Waals surface area contributed by atoms with Gasteiger partial charge in [-0.3, -0.25) is 0 Å². The molecule has 0 saturated carbocycles. The number of anilines is 1. The third-order valence-corrected chi connectivity index (χ3v) is 3.73. The van der Waals surface area contributed by atoms with Crippen LogP contribution >= 0.6 is 12.2 Å². The van der Waals surface area contributed by atoms with Crippen LogP contribution in [0.4, 0.5) is 5.82 Å². The summed E-state index contributed by atoms with van der Waals surface area (Å²) in [5.74, 6) is 1.61. The number of thiocarbonyl (C=S) groups is 1. The van der Waals surface area contributed by atoms with Gasteiger partial charge in [-0.05, 0) is 74.8 Å². The maximum Gasteiger partial charge on any atom is 0.172 e. The van der Waals surface area contributed by atoms with Crippen LogP contribution in [0.1, 0.15) is 23.6 Å². The van der Waals surface area contributed by atoms with Crippen LogP contribution < -0.4 is 15.4 Å². The molecular weight excluding hydrogens is 306 g/mol. The zero-order chi connectivity index (χ0) is 16.8. The van der Waals surface area contributed by atoms with E-state index in [0.717, 1.165) is 17.1 Å². The first-order valence-corrected chi connectivity index (χ1v) is 8.05. The molecule has 0 saturated heterocycles. The first-order valence-electron chi connectivity index (χ1n) is 7.64. The van der Waals surface area contributed by atoms with Crippen molar-refractivity contribution in [1.29, 1.82) is 0 Å². The van der Waals surface area contributed by atoms with Gasteiger partial charge in [-0.2, -0.15) is 0 Å². The van der Waals surface area contributed by atoms with Crippen LogP contribution in [0.3, 0.4) is 0 Å². The van der Waals surface area contributed by atoms with E-state index in [1.165, 1.54) is 11.1 Å². The fourth-order valence-electron chi connectivity index (χ4n) is 1.98. The Morgan fingerprint density at radius 3 is 2.61 bits per heavy atom. The Kier molecular flexibility index (Phi) is 5.93. The van der Waals surface area contributed by atoms with Crippen molar-refractivity contribution in [1.82, 2.24) is 10.3 Å². The number of nitrogens with one attached hydrogen (secondary N) is 2. The number of pyridine rings is 1. The molecule has 0 spiro atoms. The normalized spacial score (nSPS) is 11.7. The Bertz CT molecular complexity index is 670. The number of benzene rings is 1. The van der Waals surface area contributed by atoms with Gasteiger partial charge in [0.2, 0.25) is 0 Å². The zero-order valence-corrected chi connectivity index (χ0v) is 14.8. The number of hydrogen-bond donors (Lipinski definition) is 2. The number of aromatic nitrogens is 1. The van der Waals surface area contributed by atoms with Crippen LogP contribution in [-0.2, 0) is 0 Å². The van der Waals surface area contributed by atoms with E-state index >= 15 is 0 Å². The lowest BCUT2D eigenvalue weighted by molar-refractivity contribution is 0.287. The number of hydrogen-bond acceptors (Lipinski definition) is 3. The predicted molar refractivity (Wildman–Crippen MR) is 99.2 cm³/mol. The molecule has 0 unspecified atom stereocenters. The van der Waals surface area contributed by atoms with E-state index in [-0.39, 0.29) is 6.04 Å². The van der Waals surface area contributed by atoms with Crippen LogP contribution in [0.2, 0.25) is 0 Å². The molecule has 2 rings (SSSR count). The molecule has 4 nitrogen and oxygen atoms in total. The Labute approximate surface area is 143 Å². The highest BCUT2D eigenvalue weighted by molar-refractivity contribution is 7.80. The lowest BCUT2D eigenvalue weighted by Crippen LogP contribution is -2.39. The Hall–Kier alpha value is -2.14. The molecular formula is C18H23N3OS. The second-order valence-corrected chi connectivity index (χ2v) is 6.19. The predicted octanol–water partition coefficient (Wildman–Crippen LogP) is 3.76. The highest BCUT2D eigenvalue weighted by atomic mass is 32.1. The first kappa shape index (κ1) is 17.2. The third kappa shape index (κ3) is 5.53. The molecule has 0 fully saturated rings. The summed E-state index contributed by atoms with van der Waals surface area (Å²) in [7, 11) is 0. The van der Waals surface area contributed by atoms with Gasteiger partial charge in [0.25, 0.3) is 0 Å². The zero-order valence-electron chi connectivity index (χ0n) is 14.0. The average Bonchev–Trinajstić information content (AvgIpc) is 2.51. The SMILES string of the molecule is Cc1ccc(NC(=S)N[C@@H](C)COc2ccc(C)c(C)c2)nc1. The van der Waals surface area contributed by atoms with E-state index in [4.69, 9.17) is 17.0 Å². The topological polar surface area (TPSA) is 46.2 Å². The van der Waals surface area contributed by atoms with E-state index < -0.39 is 0 Å². The van der Waals surface area contributed by atoms with E-state index in [1.54, 1.807) is 6.20 Å². The minimum atomic E-state index is 0.0852. The maximum absolute atomic E-state index is 5.80. The lowest BCUT2D eigenvalue weighted by atomic mass is 10.1. The Morgan fingerprint density at radius 2 is 1.96 bits per heavy atom. The Morgan fingerprint density at radius 1 is 1.17 bits per heavy atom. The van der Waals surface area contributed by atoms with Crippen LogP contribution in [0.15, 0.2) is 36.5 Å². The number of ether oxygens (including phenoxy) is 1. The highest BCUT2D eigenvalue weighted by Crippen LogP contribution is 2.16. The molecule has 0 aliphatic heterocycles. The number of rotatable bonds is 5. The molecule has 1 heterocycles. The van der Waals surface area contributed by atoms with E-state index in [1.807, 2.05) is 32.0 Å². The number of aryl methyl sites for hydroxylation is 3. The monoisotopic (exact) mass is 329 g/mol. The Balaban J connectivity index is 1.79. The third-order valence-electron chi connectivity index (χ3n) is 3.51. The smallest absolute Gasteiger partial charge is 0.172 e. The highest BCUT2D eigenvalue weighted by Gasteiger charge is 2.06. The van der Waals surface area contributed by atoms with Crippen LogP contribution in [-0.4, -0.2) is 22.7 Å². The van der Waals surface area contributed by atoms with E-state index in [0.29, 0.717) is 11.7 Å². The summed E-state index contributed by atoms with van der Waals surface area (Å²) in [5.41, 5.74) is 3.61. The van der Waals surface area contributed by atoms with Crippen LogP contribution in [0.5, 0.6) is 5.75 Å². The van der Waals surface area contributed by atoms with Gasteiger partial charge in [0.15, 0.2) is 5.11 Å². The second kappa shape index (κ2) is 7.92. The van der Waals surface area contributed by atoms with Crippen molar-refractivity contribution < 1.29 is 4.74 Å². The van der Waals surface area contributed by atoms with Crippen LogP contribution in [0, 0.1) is 20.8 Å². The quantitative estimate of drug-likeness (QED) is 0.818. The van der Waals surface area contributed by atoms with E-state index in [2.05, 4.69) is 41.6 Å². The van der Waals surface area contributed by atoms with Gasteiger partial charge in [-0.25, -0.2) is 4.98 Å². The molecule has 122 valence electrons. The van der Waals surface area contributed by atoms with Crippen molar-refractivity contribution in [3.63, 3.8) is 0 Å². The van der Waals surface area contributed by atoms with Crippen molar-refractivity contribution in [3.05, 3.63) is 53.2 Å². The molecule has 2 N–H and O–H groups in total. The summed E-state index contributed by atoms with van der Waals surface area (Å²) < 4.78 is 5.80. The largest absolute Gasteiger partial charge is 0.491 e. The van der Waals surface area contributed by atoms with Gasteiger partial charge < -0.3 is 15.4 Å². The van der Waals surface area contributed by atoms with Crippen molar-refractivity contribution in [2.24, 2.45) is 0 Å². The minimum Gasteiger partial charge on any atom is -0.491 e. The lowest BCUT2D eigenvalue weighted by Gasteiger charge is -2.17. The maximum atomic E-state index is 5.80.